The number of hydrogen-bond acceptors (Lipinski definition) is 4. The van der Waals surface area contributed by atoms with E-state index in [0.29, 0.717) is 13.2 Å². The maximum absolute atomic E-state index is 12.7. The first-order valence-corrected chi connectivity index (χ1v) is 9.41. The third-order valence-corrected chi connectivity index (χ3v) is 5.91. The van der Waals surface area contributed by atoms with Gasteiger partial charge in [0.05, 0.1) is 18.2 Å². The Morgan fingerprint density at radius 2 is 2.08 bits per heavy atom. The number of benzene rings is 1. The molecule has 6 heteroatoms. The second-order valence-corrected chi connectivity index (χ2v) is 7.53. The molecule has 1 aromatic heterocycles. The van der Waals surface area contributed by atoms with Crippen LogP contribution in [-0.4, -0.2) is 52.3 Å². The highest BCUT2D eigenvalue weighted by Crippen LogP contribution is 2.38. The molecule has 0 radical (unpaired) electrons. The predicted octanol–water partition coefficient (Wildman–Crippen LogP) is 2.20. The van der Waals surface area contributed by atoms with Gasteiger partial charge in [-0.3, -0.25) is 4.79 Å². The maximum Gasteiger partial charge on any atom is 0.228 e. The van der Waals surface area contributed by atoms with Crippen LogP contribution in [0.5, 0.6) is 5.75 Å². The van der Waals surface area contributed by atoms with Crippen molar-refractivity contribution >= 4 is 5.91 Å². The molecule has 136 valence electrons. The van der Waals surface area contributed by atoms with E-state index in [1.807, 2.05) is 35.5 Å². The van der Waals surface area contributed by atoms with Gasteiger partial charge in [0.1, 0.15) is 17.2 Å². The Bertz CT molecular complexity index is 817. The van der Waals surface area contributed by atoms with Gasteiger partial charge >= 0.3 is 0 Å². The number of fused-ring (bicyclic) bond motifs is 3. The molecule has 0 saturated carbocycles. The number of ether oxygens (including phenoxy) is 2. The molecule has 2 aromatic rings. The highest BCUT2D eigenvalue weighted by Gasteiger charge is 2.42. The van der Waals surface area contributed by atoms with Gasteiger partial charge in [-0.2, -0.15) is 0 Å². The first-order valence-electron chi connectivity index (χ1n) is 9.41. The van der Waals surface area contributed by atoms with E-state index in [4.69, 9.17) is 9.47 Å². The molecule has 26 heavy (non-hydrogen) atoms. The minimum atomic E-state index is -0.293. The van der Waals surface area contributed by atoms with Crippen LogP contribution in [0, 0.1) is 5.92 Å². The number of imidazole rings is 1. The molecule has 1 spiro atoms. The van der Waals surface area contributed by atoms with Gasteiger partial charge in [-0.1, -0.05) is 12.1 Å². The zero-order chi connectivity index (χ0) is 17.6. The standard InChI is InChI=1S/C20H23N3O3/c24-19(15-5-12-25-14-15)22-9-6-20(7-10-22)13-18-21-8-11-23(18)16-3-1-2-4-17(16)26-20/h1-4,8,11,15H,5-7,9-10,12-14H2. The van der Waals surface area contributed by atoms with Crippen molar-refractivity contribution in [3.8, 4) is 11.4 Å². The third kappa shape index (κ3) is 2.60. The topological polar surface area (TPSA) is 56.6 Å². The van der Waals surface area contributed by atoms with E-state index in [0.717, 1.165) is 56.0 Å². The number of carbonyl (C=O) groups excluding carboxylic acids is 1. The molecule has 2 saturated heterocycles. The van der Waals surface area contributed by atoms with Gasteiger partial charge in [0.2, 0.25) is 5.91 Å². The highest BCUT2D eigenvalue weighted by molar-refractivity contribution is 5.79. The second kappa shape index (κ2) is 6.13. The molecule has 0 bridgehead atoms. The van der Waals surface area contributed by atoms with Gasteiger partial charge in [-0.25, -0.2) is 4.98 Å². The molecule has 3 aliphatic heterocycles. The number of aromatic nitrogens is 2. The van der Waals surface area contributed by atoms with E-state index in [-0.39, 0.29) is 17.4 Å². The van der Waals surface area contributed by atoms with Crippen LogP contribution in [0.3, 0.4) is 0 Å². The van der Waals surface area contributed by atoms with Gasteiger partial charge in [-0.05, 0) is 18.6 Å². The summed E-state index contributed by atoms with van der Waals surface area (Å²) in [4.78, 5) is 19.2. The van der Waals surface area contributed by atoms with Crippen LogP contribution >= 0.6 is 0 Å². The fraction of sp³-hybridized carbons (Fsp3) is 0.500. The first-order chi connectivity index (χ1) is 12.7. The van der Waals surface area contributed by atoms with E-state index >= 15 is 0 Å². The van der Waals surface area contributed by atoms with Gasteiger partial charge in [-0.15, -0.1) is 0 Å². The quantitative estimate of drug-likeness (QED) is 0.789. The summed E-state index contributed by atoms with van der Waals surface area (Å²) in [7, 11) is 0. The van der Waals surface area contributed by atoms with Crippen molar-refractivity contribution in [2.24, 2.45) is 5.92 Å². The zero-order valence-electron chi connectivity index (χ0n) is 14.8. The van der Waals surface area contributed by atoms with Gasteiger partial charge < -0.3 is 18.9 Å². The molecule has 4 heterocycles. The lowest BCUT2D eigenvalue weighted by atomic mass is 9.87. The monoisotopic (exact) mass is 353 g/mol. The molecule has 1 aromatic carbocycles. The molecule has 6 nitrogen and oxygen atoms in total. The van der Waals surface area contributed by atoms with Crippen molar-refractivity contribution in [2.75, 3.05) is 26.3 Å². The summed E-state index contributed by atoms with van der Waals surface area (Å²) in [5, 5.41) is 0. The molecule has 5 rings (SSSR count). The van der Waals surface area contributed by atoms with Crippen molar-refractivity contribution in [3.05, 3.63) is 42.5 Å². The summed E-state index contributed by atoms with van der Waals surface area (Å²) in [6, 6.07) is 8.12. The lowest BCUT2D eigenvalue weighted by Gasteiger charge is -2.41. The number of carbonyl (C=O) groups is 1. The molecular weight excluding hydrogens is 330 g/mol. The van der Waals surface area contributed by atoms with E-state index < -0.39 is 0 Å². The fourth-order valence-corrected chi connectivity index (χ4v) is 4.39. The molecule has 2 fully saturated rings. The summed E-state index contributed by atoms with van der Waals surface area (Å²) in [6.45, 7) is 2.74. The van der Waals surface area contributed by atoms with E-state index in [9.17, 15) is 4.79 Å². The van der Waals surface area contributed by atoms with E-state index in [2.05, 4.69) is 15.6 Å². The van der Waals surface area contributed by atoms with Crippen molar-refractivity contribution in [1.29, 1.82) is 0 Å². The normalized spacial score (nSPS) is 23.8. The number of nitrogens with zero attached hydrogens (tertiary/aromatic N) is 3. The number of hydrogen-bond donors (Lipinski definition) is 0. The SMILES string of the molecule is O=C(C1CCOC1)N1CCC2(CC1)Cc1nccn1-c1ccccc1O2. The summed E-state index contributed by atoms with van der Waals surface area (Å²) in [6.07, 6.45) is 7.12. The van der Waals surface area contributed by atoms with E-state index in [1.165, 1.54) is 0 Å². The molecule has 1 unspecified atom stereocenters. The van der Waals surface area contributed by atoms with Crippen LogP contribution in [0.15, 0.2) is 36.7 Å². The summed E-state index contributed by atoms with van der Waals surface area (Å²) in [5.74, 6) is 2.21. The Kier molecular flexibility index (Phi) is 3.74. The van der Waals surface area contributed by atoms with Crippen LogP contribution in [0.25, 0.3) is 5.69 Å². The third-order valence-electron chi connectivity index (χ3n) is 5.91. The largest absolute Gasteiger partial charge is 0.484 e. The highest BCUT2D eigenvalue weighted by atomic mass is 16.5. The van der Waals surface area contributed by atoms with Gasteiger partial charge in [0.25, 0.3) is 0 Å². The van der Waals surface area contributed by atoms with Crippen LogP contribution in [0.4, 0.5) is 0 Å². The first kappa shape index (κ1) is 15.9. The second-order valence-electron chi connectivity index (χ2n) is 7.53. The Morgan fingerprint density at radius 1 is 1.23 bits per heavy atom. The molecule has 1 atom stereocenters. The molecular formula is C20H23N3O3. The van der Waals surface area contributed by atoms with Crippen LogP contribution in [0.2, 0.25) is 0 Å². The average molecular weight is 353 g/mol. The number of para-hydroxylation sites is 2. The van der Waals surface area contributed by atoms with Crippen molar-refractivity contribution in [1.82, 2.24) is 14.5 Å². The summed E-state index contributed by atoms with van der Waals surface area (Å²) >= 11 is 0. The predicted molar refractivity (Wildman–Crippen MR) is 95.4 cm³/mol. The molecule has 3 aliphatic rings. The van der Waals surface area contributed by atoms with Crippen molar-refractivity contribution < 1.29 is 14.3 Å². The van der Waals surface area contributed by atoms with Crippen LogP contribution in [-0.2, 0) is 16.0 Å². The Labute approximate surface area is 152 Å². The van der Waals surface area contributed by atoms with Crippen molar-refractivity contribution in [2.45, 2.75) is 31.3 Å². The number of rotatable bonds is 1. The minimum Gasteiger partial charge on any atom is -0.484 e. The van der Waals surface area contributed by atoms with Crippen LogP contribution < -0.4 is 4.74 Å². The maximum atomic E-state index is 12.7. The molecule has 1 amide bonds. The fourth-order valence-electron chi connectivity index (χ4n) is 4.39. The zero-order valence-corrected chi connectivity index (χ0v) is 14.8. The Hall–Kier alpha value is -2.34. The van der Waals surface area contributed by atoms with Gasteiger partial charge in [0.15, 0.2) is 0 Å². The lowest BCUT2D eigenvalue weighted by Crippen LogP contribution is -2.52. The minimum absolute atomic E-state index is 0.0405. The number of likely N-dealkylation sites (tertiary alicyclic amines) is 1. The number of amides is 1. The van der Waals surface area contributed by atoms with Gasteiger partial charge in [0, 0.05) is 51.4 Å². The summed E-state index contributed by atoms with van der Waals surface area (Å²) in [5.41, 5.74) is 0.747. The smallest absolute Gasteiger partial charge is 0.228 e. The Balaban J connectivity index is 1.39. The molecule has 0 N–H and O–H groups in total. The van der Waals surface area contributed by atoms with Crippen LogP contribution in [0.1, 0.15) is 25.1 Å². The van der Waals surface area contributed by atoms with Crippen molar-refractivity contribution in [3.63, 3.8) is 0 Å². The number of piperidine rings is 1. The molecule has 0 aliphatic carbocycles. The Morgan fingerprint density at radius 3 is 2.88 bits per heavy atom. The van der Waals surface area contributed by atoms with E-state index in [1.54, 1.807) is 0 Å². The summed E-state index contributed by atoms with van der Waals surface area (Å²) < 4.78 is 14.1. The lowest BCUT2D eigenvalue weighted by molar-refractivity contribution is -0.139. The average Bonchev–Trinajstić information content (AvgIpc) is 3.33.